The maximum atomic E-state index is 12.2. The van der Waals surface area contributed by atoms with Crippen LogP contribution in [0.4, 0.5) is 11.5 Å². The van der Waals surface area contributed by atoms with Crippen molar-refractivity contribution in [1.82, 2.24) is 10.2 Å². The molecule has 23 heavy (non-hydrogen) atoms. The first-order chi connectivity index (χ1) is 11.1. The van der Waals surface area contributed by atoms with Gasteiger partial charge >= 0.3 is 0 Å². The molecule has 5 heteroatoms. The van der Waals surface area contributed by atoms with Gasteiger partial charge in [-0.05, 0) is 42.7 Å². The molecule has 1 N–H and O–H groups in total. The van der Waals surface area contributed by atoms with Crippen LogP contribution in [0.2, 0.25) is 0 Å². The first-order valence-electron chi connectivity index (χ1n) is 8.09. The summed E-state index contributed by atoms with van der Waals surface area (Å²) in [5.74, 6) is 0.534. The van der Waals surface area contributed by atoms with Gasteiger partial charge in [-0.1, -0.05) is 32.4 Å². The fourth-order valence-electron chi connectivity index (χ4n) is 2.18. The van der Waals surface area contributed by atoms with E-state index in [9.17, 15) is 4.79 Å². The molecule has 0 saturated carbocycles. The van der Waals surface area contributed by atoms with Gasteiger partial charge in [0.05, 0.1) is 0 Å². The molecule has 5 nitrogen and oxygen atoms in total. The van der Waals surface area contributed by atoms with Gasteiger partial charge in [-0.25, -0.2) is 0 Å². The van der Waals surface area contributed by atoms with Gasteiger partial charge < -0.3 is 10.2 Å². The number of nitrogens with one attached hydrogen (secondary N) is 1. The topological polar surface area (TPSA) is 58.1 Å². The van der Waals surface area contributed by atoms with Gasteiger partial charge in [0.2, 0.25) is 0 Å². The fourth-order valence-corrected chi connectivity index (χ4v) is 2.18. The second-order valence-corrected chi connectivity index (χ2v) is 5.56. The standard InChI is InChI=1S/C18H24N4O/c1-4-6-13-22(3)17-12-11-16(20-21-17)18(23)19-15-9-7-14(5-2)8-10-15/h7-12H,4-6,13H2,1-3H3,(H,19,23). The van der Waals surface area contributed by atoms with Crippen molar-refractivity contribution in [3.63, 3.8) is 0 Å². The van der Waals surface area contributed by atoms with Crippen molar-refractivity contribution in [3.05, 3.63) is 47.7 Å². The predicted molar refractivity (Wildman–Crippen MR) is 94.0 cm³/mol. The molecule has 0 radical (unpaired) electrons. The van der Waals surface area contributed by atoms with Gasteiger partial charge in [-0.3, -0.25) is 4.79 Å². The van der Waals surface area contributed by atoms with E-state index in [4.69, 9.17) is 0 Å². The Morgan fingerprint density at radius 1 is 1.09 bits per heavy atom. The minimum atomic E-state index is -0.246. The zero-order chi connectivity index (χ0) is 16.7. The van der Waals surface area contributed by atoms with Crippen LogP contribution < -0.4 is 10.2 Å². The zero-order valence-electron chi connectivity index (χ0n) is 14.0. The summed E-state index contributed by atoms with van der Waals surface area (Å²) in [6, 6.07) is 11.4. The lowest BCUT2D eigenvalue weighted by Gasteiger charge is -2.16. The third-order valence-corrected chi connectivity index (χ3v) is 3.74. The molecule has 0 atom stereocenters. The highest BCUT2D eigenvalue weighted by molar-refractivity contribution is 6.02. The first kappa shape index (κ1) is 16.9. The molecule has 0 aliphatic carbocycles. The van der Waals surface area contributed by atoms with E-state index in [1.165, 1.54) is 5.56 Å². The van der Waals surface area contributed by atoms with Crippen LogP contribution >= 0.6 is 0 Å². The number of amides is 1. The maximum absolute atomic E-state index is 12.2. The van der Waals surface area contributed by atoms with E-state index in [1.54, 1.807) is 6.07 Å². The summed E-state index contributed by atoms with van der Waals surface area (Å²) in [5.41, 5.74) is 2.32. The van der Waals surface area contributed by atoms with E-state index in [-0.39, 0.29) is 5.91 Å². The largest absolute Gasteiger partial charge is 0.358 e. The Bertz CT molecular complexity index is 622. The van der Waals surface area contributed by atoms with Crippen molar-refractivity contribution in [2.24, 2.45) is 0 Å². The average Bonchev–Trinajstić information content (AvgIpc) is 2.60. The number of rotatable bonds is 7. The highest BCUT2D eigenvalue weighted by Gasteiger charge is 2.10. The predicted octanol–water partition coefficient (Wildman–Crippen LogP) is 3.53. The number of carbonyl (C=O) groups excluding carboxylic acids is 1. The Hall–Kier alpha value is -2.43. The molecule has 0 unspecified atom stereocenters. The molecule has 2 aromatic rings. The van der Waals surface area contributed by atoms with E-state index in [0.29, 0.717) is 5.69 Å². The summed E-state index contributed by atoms with van der Waals surface area (Å²) in [6.07, 6.45) is 3.22. The van der Waals surface area contributed by atoms with Crippen LogP contribution in [0, 0.1) is 0 Å². The Morgan fingerprint density at radius 2 is 1.83 bits per heavy atom. The van der Waals surface area contributed by atoms with Crippen LogP contribution in [-0.4, -0.2) is 29.7 Å². The smallest absolute Gasteiger partial charge is 0.276 e. The molecule has 0 saturated heterocycles. The molecule has 1 aromatic heterocycles. The Balaban J connectivity index is 1.99. The van der Waals surface area contributed by atoms with Crippen molar-refractivity contribution in [1.29, 1.82) is 0 Å². The molecule has 2 rings (SSSR count). The molecule has 0 spiro atoms. The minimum Gasteiger partial charge on any atom is -0.358 e. The summed E-state index contributed by atoms with van der Waals surface area (Å²) in [6.45, 7) is 5.18. The quantitative estimate of drug-likeness (QED) is 0.849. The SMILES string of the molecule is CCCCN(C)c1ccc(C(=O)Nc2ccc(CC)cc2)nn1. The number of carbonyl (C=O) groups is 1. The summed E-state index contributed by atoms with van der Waals surface area (Å²) in [7, 11) is 1.98. The number of hydrogen-bond donors (Lipinski definition) is 1. The van der Waals surface area contributed by atoms with Crippen LogP contribution in [0.15, 0.2) is 36.4 Å². The highest BCUT2D eigenvalue weighted by Crippen LogP contribution is 2.12. The van der Waals surface area contributed by atoms with E-state index in [1.807, 2.05) is 42.3 Å². The third kappa shape index (κ3) is 4.77. The molecule has 0 aliphatic rings. The molecular weight excluding hydrogens is 288 g/mol. The molecule has 1 aromatic carbocycles. The number of unbranched alkanes of at least 4 members (excludes halogenated alkanes) is 1. The van der Waals surface area contributed by atoms with Gasteiger partial charge in [-0.15, -0.1) is 10.2 Å². The number of benzene rings is 1. The van der Waals surface area contributed by atoms with Gasteiger partial charge in [0.25, 0.3) is 5.91 Å². The Kier molecular flexibility index (Phi) is 6.09. The average molecular weight is 312 g/mol. The first-order valence-corrected chi connectivity index (χ1v) is 8.09. The van der Waals surface area contributed by atoms with Crippen molar-refractivity contribution >= 4 is 17.4 Å². The summed E-state index contributed by atoms with van der Waals surface area (Å²) in [5, 5.41) is 11.0. The van der Waals surface area contributed by atoms with Crippen molar-refractivity contribution < 1.29 is 4.79 Å². The normalized spacial score (nSPS) is 10.4. The van der Waals surface area contributed by atoms with Crippen LogP contribution in [0.3, 0.4) is 0 Å². The van der Waals surface area contributed by atoms with Crippen molar-refractivity contribution in [2.75, 3.05) is 23.8 Å². The molecule has 122 valence electrons. The lowest BCUT2D eigenvalue weighted by molar-refractivity contribution is 0.102. The van der Waals surface area contributed by atoms with E-state index in [2.05, 4.69) is 29.4 Å². The monoisotopic (exact) mass is 312 g/mol. The van der Waals surface area contributed by atoms with E-state index >= 15 is 0 Å². The van der Waals surface area contributed by atoms with Crippen LogP contribution in [0.25, 0.3) is 0 Å². The lowest BCUT2D eigenvalue weighted by Crippen LogP contribution is -2.21. The zero-order valence-corrected chi connectivity index (χ0v) is 14.0. The Morgan fingerprint density at radius 3 is 2.39 bits per heavy atom. The number of aryl methyl sites for hydroxylation is 1. The van der Waals surface area contributed by atoms with Crippen molar-refractivity contribution in [3.8, 4) is 0 Å². The van der Waals surface area contributed by atoms with Gasteiger partial charge in [0.15, 0.2) is 11.5 Å². The maximum Gasteiger partial charge on any atom is 0.276 e. The second kappa shape index (κ2) is 8.27. The molecule has 0 aliphatic heterocycles. The number of anilines is 2. The number of hydrogen-bond acceptors (Lipinski definition) is 4. The van der Waals surface area contributed by atoms with Crippen LogP contribution in [0.1, 0.15) is 42.7 Å². The second-order valence-electron chi connectivity index (χ2n) is 5.56. The summed E-state index contributed by atoms with van der Waals surface area (Å²) in [4.78, 5) is 14.2. The van der Waals surface area contributed by atoms with Gasteiger partial charge in [0.1, 0.15) is 0 Å². The van der Waals surface area contributed by atoms with E-state index in [0.717, 1.165) is 37.3 Å². The highest BCUT2D eigenvalue weighted by atomic mass is 16.1. The summed E-state index contributed by atoms with van der Waals surface area (Å²) >= 11 is 0. The molecule has 0 bridgehead atoms. The number of aromatic nitrogens is 2. The van der Waals surface area contributed by atoms with Crippen LogP contribution in [-0.2, 0) is 6.42 Å². The summed E-state index contributed by atoms with van der Waals surface area (Å²) < 4.78 is 0. The van der Waals surface area contributed by atoms with Gasteiger partial charge in [0, 0.05) is 19.3 Å². The van der Waals surface area contributed by atoms with Gasteiger partial charge in [-0.2, -0.15) is 0 Å². The fraction of sp³-hybridized carbons (Fsp3) is 0.389. The van der Waals surface area contributed by atoms with Crippen molar-refractivity contribution in [2.45, 2.75) is 33.1 Å². The molecule has 1 amide bonds. The number of nitrogens with zero attached hydrogens (tertiary/aromatic N) is 3. The lowest BCUT2D eigenvalue weighted by atomic mass is 10.1. The van der Waals surface area contributed by atoms with E-state index < -0.39 is 0 Å². The van der Waals surface area contributed by atoms with Crippen LogP contribution in [0.5, 0.6) is 0 Å². The molecule has 0 fully saturated rings. The molecule has 1 heterocycles. The third-order valence-electron chi connectivity index (χ3n) is 3.74. The Labute approximate surface area is 137 Å². The molecular formula is C18H24N4O. The minimum absolute atomic E-state index is 0.246.